The number of aromatic nitrogens is 1. The molecule has 1 saturated heterocycles. The Balaban J connectivity index is 1.21. The molecule has 0 bridgehead atoms. The SMILES string of the molecule is CN(C)C(=O)c1cccc2c1CN(C[C@]1(O)CCN(C(=O)Cc3c[nH]c4ccccc34)CC13CCCC3)C2=O. The number of hydrogen-bond acceptors (Lipinski definition) is 4. The molecule has 2 aromatic carbocycles. The number of benzene rings is 2. The van der Waals surface area contributed by atoms with Crippen LogP contribution in [0.15, 0.2) is 48.7 Å². The van der Waals surface area contributed by atoms with E-state index in [1.54, 1.807) is 37.2 Å². The fraction of sp³-hybridized carbons (Fsp3) is 0.452. The molecule has 6 rings (SSSR count). The number of amides is 3. The number of para-hydroxylation sites is 1. The Morgan fingerprint density at radius 3 is 2.59 bits per heavy atom. The van der Waals surface area contributed by atoms with Crippen molar-refractivity contribution in [1.82, 2.24) is 19.7 Å². The summed E-state index contributed by atoms with van der Waals surface area (Å²) in [6.07, 6.45) is 6.34. The van der Waals surface area contributed by atoms with Crippen LogP contribution < -0.4 is 0 Å². The number of nitrogens with zero attached hydrogens (tertiary/aromatic N) is 3. The average Bonchev–Trinajstić information content (AvgIpc) is 3.64. The number of carbonyl (C=O) groups excluding carboxylic acids is 3. The normalized spacial score (nSPS) is 22.1. The van der Waals surface area contributed by atoms with E-state index in [2.05, 4.69) is 4.98 Å². The average molecular weight is 529 g/mol. The van der Waals surface area contributed by atoms with Crippen molar-refractivity contribution in [2.24, 2.45) is 5.41 Å². The van der Waals surface area contributed by atoms with Gasteiger partial charge in [0, 0.05) is 67.4 Å². The number of hydrogen-bond donors (Lipinski definition) is 2. The zero-order chi connectivity index (χ0) is 27.4. The molecule has 3 aromatic rings. The van der Waals surface area contributed by atoms with Crippen LogP contribution >= 0.6 is 0 Å². The van der Waals surface area contributed by atoms with Gasteiger partial charge in [0.25, 0.3) is 11.8 Å². The molecule has 3 aliphatic rings. The van der Waals surface area contributed by atoms with Crippen molar-refractivity contribution in [2.75, 3.05) is 33.7 Å². The van der Waals surface area contributed by atoms with Gasteiger partial charge >= 0.3 is 0 Å². The summed E-state index contributed by atoms with van der Waals surface area (Å²) >= 11 is 0. The van der Waals surface area contributed by atoms with Crippen molar-refractivity contribution in [2.45, 2.75) is 50.7 Å². The largest absolute Gasteiger partial charge is 0.387 e. The molecular weight excluding hydrogens is 492 g/mol. The second-order valence-electron chi connectivity index (χ2n) is 11.8. The smallest absolute Gasteiger partial charge is 0.254 e. The van der Waals surface area contributed by atoms with E-state index in [0.717, 1.165) is 47.7 Å². The molecule has 1 aliphatic carbocycles. The molecule has 8 nitrogen and oxygen atoms in total. The maximum atomic E-state index is 13.5. The number of nitrogens with one attached hydrogen (secondary N) is 1. The van der Waals surface area contributed by atoms with Crippen LogP contribution in [0.2, 0.25) is 0 Å². The maximum absolute atomic E-state index is 13.5. The first-order valence-electron chi connectivity index (χ1n) is 13.9. The van der Waals surface area contributed by atoms with Crippen molar-refractivity contribution in [1.29, 1.82) is 0 Å². The van der Waals surface area contributed by atoms with E-state index in [-0.39, 0.29) is 24.3 Å². The maximum Gasteiger partial charge on any atom is 0.254 e. The van der Waals surface area contributed by atoms with Crippen molar-refractivity contribution < 1.29 is 19.5 Å². The van der Waals surface area contributed by atoms with Crippen LogP contribution in [0.1, 0.15) is 63.9 Å². The molecule has 1 atom stereocenters. The van der Waals surface area contributed by atoms with Crippen molar-refractivity contribution in [3.8, 4) is 0 Å². The third kappa shape index (κ3) is 4.22. The molecule has 2 N–H and O–H groups in total. The van der Waals surface area contributed by atoms with Crippen molar-refractivity contribution in [3.63, 3.8) is 0 Å². The van der Waals surface area contributed by atoms with E-state index < -0.39 is 11.0 Å². The second-order valence-corrected chi connectivity index (χ2v) is 11.8. The first kappa shape index (κ1) is 25.6. The zero-order valence-electron chi connectivity index (χ0n) is 22.7. The van der Waals surface area contributed by atoms with Gasteiger partial charge in [0.1, 0.15) is 0 Å². The lowest BCUT2D eigenvalue weighted by molar-refractivity contribution is -0.159. The van der Waals surface area contributed by atoms with Gasteiger partial charge in [-0.05, 0) is 48.6 Å². The quantitative estimate of drug-likeness (QED) is 0.529. The Hall–Kier alpha value is -3.65. The van der Waals surface area contributed by atoms with E-state index >= 15 is 0 Å². The predicted molar refractivity (Wildman–Crippen MR) is 148 cm³/mol. The molecular formula is C31H36N4O4. The highest BCUT2D eigenvalue weighted by molar-refractivity contribution is 6.04. The van der Waals surface area contributed by atoms with Gasteiger partial charge in [-0.25, -0.2) is 0 Å². The first-order valence-corrected chi connectivity index (χ1v) is 13.9. The molecule has 204 valence electrons. The Morgan fingerprint density at radius 1 is 1.05 bits per heavy atom. The molecule has 3 amide bonds. The van der Waals surface area contributed by atoms with Gasteiger partial charge in [0.15, 0.2) is 0 Å². The van der Waals surface area contributed by atoms with Crippen LogP contribution in [-0.4, -0.2) is 81.8 Å². The molecule has 0 radical (unpaired) electrons. The van der Waals surface area contributed by atoms with Crippen molar-refractivity contribution >= 4 is 28.6 Å². The van der Waals surface area contributed by atoms with Crippen LogP contribution in [0.5, 0.6) is 0 Å². The summed E-state index contributed by atoms with van der Waals surface area (Å²) in [5.74, 6) is -0.197. The van der Waals surface area contributed by atoms with E-state index in [4.69, 9.17) is 0 Å². The van der Waals surface area contributed by atoms with Gasteiger partial charge in [-0.3, -0.25) is 14.4 Å². The molecule has 8 heteroatoms. The lowest BCUT2D eigenvalue weighted by Crippen LogP contribution is -2.64. The lowest BCUT2D eigenvalue weighted by Gasteiger charge is -2.53. The topological polar surface area (TPSA) is 96.9 Å². The van der Waals surface area contributed by atoms with Gasteiger partial charge in [-0.2, -0.15) is 0 Å². The van der Waals surface area contributed by atoms with Crippen LogP contribution in [0.25, 0.3) is 10.9 Å². The summed E-state index contributed by atoms with van der Waals surface area (Å²) in [4.78, 5) is 48.1. The summed E-state index contributed by atoms with van der Waals surface area (Å²) < 4.78 is 0. The van der Waals surface area contributed by atoms with Gasteiger partial charge < -0.3 is 24.8 Å². The standard InChI is InChI=1S/C31H36N4O4/c1-33(2)28(37)23-9-7-10-24-25(23)18-35(29(24)38)20-31(39)14-15-34(19-30(31)12-5-6-13-30)27(36)16-21-17-32-26-11-4-3-8-22(21)26/h3-4,7-11,17,32,39H,5-6,12-16,18-20H2,1-2H3/t31-/m1/s1. The number of rotatable bonds is 5. The van der Waals surface area contributed by atoms with Crippen LogP contribution in [0, 0.1) is 5.41 Å². The van der Waals surface area contributed by atoms with E-state index in [0.29, 0.717) is 43.6 Å². The van der Waals surface area contributed by atoms with Gasteiger partial charge in [-0.15, -0.1) is 0 Å². The highest BCUT2D eigenvalue weighted by atomic mass is 16.3. The highest BCUT2D eigenvalue weighted by Gasteiger charge is 2.56. The number of aliphatic hydroxyl groups is 1. The lowest BCUT2D eigenvalue weighted by atomic mass is 9.65. The number of fused-ring (bicyclic) bond motifs is 2. The number of carbonyl (C=O) groups is 3. The van der Waals surface area contributed by atoms with Gasteiger partial charge in [0.05, 0.1) is 18.6 Å². The number of β-amino-alcohol motifs (C(OH)–C–C–N with tert-alkyl or cyclic N) is 1. The summed E-state index contributed by atoms with van der Waals surface area (Å²) in [6.45, 7) is 1.48. The Labute approximate surface area is 228 Å². The summed E-state index contributed by atoms with van der Waals surface area (Å²) in [5, 5.41) is 13.3. The van der Waals surface area contributed by atoms with Gasteiger partial charge in [-0.1, -0.05) is 37.1 Å². The number of H-pyrrole nitrogens is 1. The summed E-state index contributed by atoms with van der Waals surface area (Å²) in [7, 11) is 3.41. The number of piperidine rings is 1. The minimum absolute atomic E-state index is 0.0737. The number of aromatic amines is 1. The number of likely N-dealkylation sites (tertiary alicyclic amines) is 1. The predicted octanol–water partition coefficient (Wildman–Crippen LogP) is 3.59. The van der Waals surface area contributed by atoms with E-state index in [9.17, 15) is 19.5 Å². The molecule has 2 fully saturated rings. The monoisotopic (exact) mass is 528 g/mol. The Bertz CT molecular complexity index is 1450. The Morgan fingerprint density at radius 2 is 1.82 bits per heavy atom. The van der Waals surface area contributed by atoms with Crippen molar-refractivity contribution in [3.05, 3.63) is 70.9 Å². The minimum atomic E-state index is -1.09. The molecule has 39 heavy (non-hydrogen) atoms. The molecule has 1 aromatic heterocycles. The zero-order valence-corrected chi connectivity index (χ0v) is 22.7. The molecule has 0 unspecified atom stereocenters. The molecule has 1 saturated carbocycles. The fourth-order valence-electron chi connectivity index (χ4n) is 7.14. The van der Waals surface area contributed by atoms with E-state index in [1.807, 2.05) is 35.4 Å². The summed E-state index contributed by atoms with van der Waals surface area (Å²) in [6, 6.07) is 13.3. The minimum Gasteiger partial charge on any atom is -0.387 e. The van der Waals surface area contributed by atoms with E-state index in [1.165, 1.54) is 4.90 Å². The third-order valence-electron chi connectivity index (χ3n) is 9.34. The third-order valence-corrected chi connectivity index (χ3v) is 9.34. The highest BCUT2D eigenvalue weighted by Crippen LogP contribution is 2.52. The summed E-state index contributed by atoms with van der Waals surface area (Å²) in [5.41, 5.74) is 2.28. The first-order chi connectivity index (χ1) is 18.7. The van der Waals surface area contributed by atoms with Crippen LogP contribution in [-0.2, 0) is 17.8 Å². The van der Waals surface area contributed by atoms with Gasteiger partial charge in [0.2, 0.25) is 5.91 Å². The Kier molecular flexibility index (Phi) is 6.25. The molecule has 2 aliphatic heterocycles. The molecule has 1 spiro atoms. The van der Waals surface area contributed by atoms with Crippen LogP contribution in [0.4, 0.5) is 0 Å². The molecule has 3 heterocycles. The second kappa shape index (κ2) is 9.52. The van der Waals surface area contributed by atoms with Crippen LogP contribution in [0.3, 0.4) is 0 Å². The fourth-order valence-corrected chi connectivity index (χ4v) is 7.14.